The summed E-state index contributed by atoms with van der Waals surface area (Å²) in [6, 6.07) is 20.3. The summed E-state index contributed by atoms with van der Waals surface area (Å²) in [5, 5.41) is 11.9. The van der Waals surface area contributed by atoms with Gasteiger partial charge in [0.2, 0.25) is 5.91 Å². The zero-order chi connectivity index (χ0) is 17.5. The largest absolute Gasteiger partial charge is 0.367 e. The van der Waals surface area contributed by atoms with Crippen LogP contribution in [0.2, 0.25) is 0 Å². The van der Waals surface area contributed by atoms with Crippen LogP contribution in [-0.4, -0.2) is 25.0 Å². The van der Waals surface area contributed by atoms with E-state index in [9.17, 15) is 4.79 Å². The van der Waals surface area contributed by atoms with Crippen molar-refractivity contribution in [1.29, 1.82) is 5.26 Å². The van der Waals surface area contributed by atoms with Crippen molar-refractivity contribution in [3.8, 4) is 6.07 Å². The third-order valence-corrected chi connectivity index (χ3v) is 4.72. The number of hydrogen-bond acceptors (Lipinski definition) is 3. The van der Waals surface area contributed by atoms with Crippen LogP contribution in [0.5, 0.6) is 0 Å². The summed E-state index contributed by atoms with van der Waals surface area (Å²) >= 11 is 0. The highest BCUT2D eigenvalue weighted by Gasteiger charge is 2.24. The highest BCUT2D eigenvalue weighted by atomic mass is 16.1. The average molecular weight is 333 g/mol. The number of rotatable bonds is 6. The lowest BCUT2D eigenvalue weighted by atomic mass is 10.1. The van der Waals surface area contributed by atoms with Gasteiger partial charge in [-0.25, -0.2) is 0 Å². The van der Waals surface area contributed by atoms with Gasteiger partial charge in [-0.15, -0.1) is 0 Å². The first-order valence-corrected chi connectivity index (χ1v) is 8.83. The van der Waals surface area contributed by atoms with Gasteiger partial charge in [0.1, 0.15) is 0 Å². The standard InChI is InChI=1S/C21H23N3O/c22-15-18-10-8-17(9-11-18)12-13-21(25)23-16-20-7-4-14-24(20)19-5-2-1-3-6-19/h1-3,5-6,8-11,20H,4,7,12-14,16H2,(H,23,25)/t20-/m1/s1. The van der Waals surface area contributed by atoms with Crippen molar-refractivity contribution < 1.29 is 4.79 Å². The smallest absolute Gasteiger partial charge is 0.220 e. The molecule has 0 radical (unpaired) electrons. The Morgan fingerprint density at radius 3 is 2.64 bits per heavy atom. The molecular weight excluding hydrogens is 310 g/mol. The molecule has 3 rings (SSSR count). The van der Waals surface area contributed by atoms with E-state index in [0.29, 0.717) is 31.0 Å². The van der Waals surface area contributed by atoms with Crippen LogP contribution in [0.4, 0.5) is 5.69 Å². The molecule has 4 heteroatoms. The maximum Gasteiger partial charge on any atom is 0.220 e. The molecule has 25 heavy (non-hydrogen) atoms. The van der Waals surface area contributed by atoms with E-state index in [0.717, 1.165) is 18.5 Å². The molecule has 0 unspecified atom stereocenters. The fourth-order valence-corrected chi connectivity index (χ4v) is 3.33. The van der Waals surface area contributed by atoms with Gasteiger partial charge in [-0.1, -0.05) is 30.3 Å². The Bertz CT molecular complexity index is 734. The fraction of sp³-hybridized carbons (Fsp3) is 0.333. The number of carbonyl (C=O) groups excluding carboxylic acids is 1. The van der Waals surface area contributed by atoms with Gasteiger partial charge in [0.25, 0.3) is 0 Å². The summed E-state index contributed by atoms with van der Waals surface area (Å²) in [6.07, 6.45) is 3.46. The first-order chi connectivity index (χ1) is 12.3. The van der Waals surface area contributed by atoms with Gasteiger partial charge in [0, 0.05) is 31.2 Å². The van der Waals surface area contributed by atoms with Crippen molar-refractivity contribution in [2.45, 2.75) is 31.7 Å². The molecule has 1 atom stereocenters. The Morgan fingerprint density at radius 1 is 1.16 bits per heavy atom. The molecule has 1 N–H and O–H groups in total. The highest BCUT2D eigenvalue weighted by molar-refractivity contribution is 5.76. The molecule has 1 saturated heterocycles. The van der Waals surface area contributed by atoms with E-state index in [1.165, 1.54) is 12.1 Å². The molecule has 0 saturated carbocycles. The number of nitriles is 1. The van der Waals surface area contributed by atoms with Crippen molar-refractivity contribution in [2.75, 3.05) is 18.0 Å². The molecule has 0 bridgehead atoms. The number of aryl methyl sites for hydroxylation is 1. The van der Waals surface area contributed by atoms with Gasteiger partial charge < -0.3 is 10.2 Å². The molecule has 1 aliphatic rings. The molecule has 2 aromatic carbocycles. The monoisotopic (exact) mass is 333 g/mol. The third-order valence-electron chi connectivity index (χ3n) is 4.72. The topological polar surface area (TPSA) is 56.1 Å². The first-order valence-electron chi connectivity index (χ1n) is 8.83. The minimum Gasteiger partial charge on any atom is -0.367 e. The average Bonchev–Trinajstić information content (AvgIpc) is 3.14. The summed E-state index contributed by atoms with van der Waals surface area (Å²) in [4.78, 5) is 14.5. The van der Waals surface area contributed by atoms with Crippen LogP contribution in [0, 0.1) is 11.3 Å². The molecule has 1 amide bonds. The van der Waals surface area contributed by atoms with Crippen molar-refractivity contribution in [2.24, 2.45) is 0 Å². The fourth-order valence-electron chi connectivity index (χ4n) is 3.33. The zero-order valence-corrected chi connectivity index (χ0v) is 14.3. The van der Waals surface area contributed by atoms with Gasteiger partial charge in [-0.3, -0.25) is 4.79 Å². The van der Waals surface area contributed by atoms with Crippen LogP contribution in [-0.2, 0) is 11.2 Å². The number of nitrogens with one attached hydrogen (secondary N) is 1. The minimum atomic E-state index is 0.0873. The summed E-state index contributed by atoms with van der Waals surface area (Å²) in [6.45, 7) is 1.75. The van der Waals surface area contributed by atoms with E-state index in [4.69, 9.17) is 5.26 Å². The predicted octanol–water partition coefficient (Wildman–Crippen LogP) is 3.28. The van der Waals surface area contributed by atoms with Gasteiger partial charge in [0.15, 0.2) is 0 Å². The van der Waals surface area contributed by atoms with Crippen molar-refractivity contribution in [1.82, 2.24) is 5.32 Å². The lowest BCUT2D eigenvalue weighted by Gasteiger charge is -2.27. The van der Waals surface area contributed by atoms with E-state index in [2.05, 4.69) is 40.6 Å². The van der Waals surface area contributed by atoms with Gasteiger partial charge in [-0.05, 0) is 49.1 Å². The van der Waals surface area contributed by atoms with Crippen LogP contribution in [0.25, 0.3) is 0 Å². The van der Waals surface area contributed by atoms with Crippen LogP contribution < -0.4 is 10.2 Å². The van der Waals surface area contributed by atoms with Crippen molar-refractivity contribution >= 4 is 11.6 Å². The van der Waals surface area contributed by atoms with Crippen molar-refractivity contribution in [3.63, 3.8) is 0 Å². The summed E-state index contributed by atoms with van der Waals surface area (Å²) in [7, 11) is 0. The SMILES string of the molecule is N#Cc1ccc(CCC(=O)NC[C@H]2CCCN2c2ccccc2)cc1. The molecule has 1 fully saturated rings. The summed E-state index contributed by atoms with van der Waals surface area (Å²) in [5.74, 6) is 0.0873. The molecule has 128 valence electrons. The minimum absolute atomic E-state index is 0.0873. The van der Waals surface area contributed by atoms with E-state index < -0.39 is 0 Å². The predicted molar refractivity (Wildman–Crippen MR) is 99.3 cm³/mol. The third kappa shape index (κ3) is 4.60. The van der Waals surface area contributed by atoms with E-state index >= 15 is 0 Å². The molecule has 0 aliphatic carbocycles. The van der Waals surface area contributed by atoms with E-state index in [-0.39, 0.29) is 5.91 Å². The van der Waals surface area contributed by atoms with Gasteiger partial charge in [0.05, 0.1) is 11.6 Å². The Kier molecular flexibility index (Phi) is 5.69. The summed E-state index contributed by atoms with van der Waals surface area (Å²) in [5.41, 5.74) is 2.97. The number of nitrogens with zero attached hydrogens (tertiary/aromatic N) is 2. The Morgan fingerprint density at radius 2 is 1.92 bits per heavy atom. The number of para-hydroxylation sites is 1. The normalized spacial score (nSPS) is 16.4. The maximum atomic E-state index is 12.2. The molecule has 2 aromatic rings. The van der Waals surface area contributed by atoms with E-state index in [1.807, 2.05) is 18.2 Å². The number of anilines is 1. The lowest BCUT2D eigenvalue weighted by Crippen LogP contribution is -2.40. The van der Waals surface area contributed by atoms with Crippen LogP contribution in [0.1, 0.15) is 30.4 Å². The van der Waals surface area contributed by atoms with Gasteiger partial charge >= 0.3 is 0 Å². The van der Waals surface area contributed by atoms with Gasteiger partial charge in [-0.2, -0.15) is 5.26 Å². The molecule has 1 heterocycles. The zero-order valence-electron chi connectivity index (χ0n) is 14.3. The Labute approximate surface area is 149 Å². The number of amides is 1. The molecule has 0 spiro atoms. The lowest BCUT2D eigenvalue weighted by molar-refractivity contribution is -0.121. The Hall–Kier alpha value is -2.80. The number of benzene rings is 2. The summed E-state index contributed by atoms with van der Waals surface area (Å²) < 4.78 is 0. The number of carbonyl (C=O) groups is 1. The second-order valence-corrected chi connectivity index (χ2v) is 6.44. The van der Waals surface area contributed by atoms with Crippen molar-refractivity contribution in [3.05, 3.63) is 65.7 Å². The van der Waals surface area contributed by atoms with Crippen LogP contribution in [0.3, 0.4) is 0 Å². The van der Waals surface area contributed by atoms with E-state index in [1.54, 1.807) is 12.1 Å². The quantitative estimate of drug-likeness (QED) is 0.882. The van der Waals surface area contributed by atoms with Crippen LogP contribution >= 0.6 is 0 Å². The first kappa shape index (κ1) is 17.0. The molecule has 1 aliphatic heterocycles. The van der Waals surface area contributed by atoms with Crippen LogP contribution in [0.15, 0.2) is 54.6 Å². The number of hydrogen-bond donors (Lipinski definition) is 1. The maximum absolute atomic E-state index is 12.2. The molecule has 0 aromatic heterocycles. The Balaban J connectivity index is 1.46. The molecular formula is C21H23N3O. The second kappa shape index (κ2) is 8.34. The second-order valence-electron chi connectivity index (χ2n) is 6.44. The highest BCUT2D eigenvalue weighted by Crippen LogP contribution is 2.24. The molecule has 4 nitrogen and oxygen atoms in total.